The van der Waals surface area contributed by atoms with Gasteiger partial charge in [-0.25, -0.2) is 13.6 Å². The van der Waals surface area contributed by atoms with Crippen LogP contribution in [0.15, 0.2) is 12.1 Å². The molecule has 0 aliphatic heterocycles. The molecule has 0 heterocycles. The summed E-state index contributed by atoms with van der Waals surface area (Å²) in [5.41, 5.74) is -0.507. The van der Waals surface area contributed by atoms with Gasteiger partial charge in [0, 0.05) is 18.5 Å². The Kier molecular flexibility index (Phi) is 5.28. The van der Waals surface area contributed by atoms with Crippen LogP contribution in [0.25, 0.3) is 0 Å². The lowest BCUT2D eigenvalue weighted by molar-refractivity contribution is 0.0590. The van der Waals surface area contributed by atoms with Crippen molar-refractivity contribution in [3.8, 4) is 11.8 Å². The van der Waals surface area contributed by atoms with Gasteiger partial charge in [0.2, 0.25) is 0 Å². The van der Waals surface area contributed by atoms with Gasteiger partial charge in [-0.2, -0.15) is 0 Å². The van der Waals surface area contributed by atoms with Crippen LogP contribution in [0.5, 0.6) is 0 Å². The lowest BCUT2D eigenvalue weighted by Crippen LogP contribution is -2.08. The third kappa shape index (κ3) is 3.54. The van der Waals surface area contributed by atoms with Crippen molar-refractivity contribution >= 4 is 5.97 Å². The second-order valence-electron chi connectivity index (χ2n) is 3.46. The molecule has 0 fully saturated rings. The third-order valence-corrected chi connectivity index (χ3v) is 2.16. The number of rotatable bonds is 3. The molecule has 1 aromatic carbocycles. The third-order valence-electron chi connectivity index (χ3n) is 2.16. The first kappa shape index (κ1) is 14.1. The fourth-order valence-electron chi connectivity index (χ4n) is 1.29. The Bertz CT molecular complexity index is 480. The zero-order valence-electron chi connectivity index (χ0n) is 10.1. The summed E-state index contributed by atoms with van der Waals surface area (Å²) >= 11 is 0. The van der Waals surface area contributed by atoms with Gasteiger partial charge in [-0.1, -0.05) is 11.8 Å². The Labute approximate surface area is 104 Å². The highest BCUT2D eigenvalue weighted by Gasteiger charge is 2.18. The van der Waals surface area contributed by atoms with Crippen LogP contribution in [0.4, 0.5) is 8.78 Å². The first-order valence-electron chi connectivity index (χ1n) is 5.31. The van der Waals surface area contributed by atoms with E-state index in [-0.39, 0.29) is 5.56 Å². The summed E-state index contributed by atoms with van der Waals surface area (Å²) in [6, 6.07) is 2.03. The number of hydrogen-bond acceptors (Lipinski definition) is 3. The second kappa shape index (κ2) is 6.72. The van der Waals surface area contributed by atoms with Crippen molar-refractivity contribution < 1.29 is 18.3 Å². The summed E-state index contributed by atoms with van der Waals surface area (Å²) in [6.45, 7) is 0.693. The van der Waals surface area contributed by atoms with E-state index < -0.39 is 23.2 Å². The zero-order valence-corrected chi connectivity index (χ0v) is 10.1. The Morgan fingerprint density at radius 2 is 2.00 bits per heavy atom. The highest BCUT2D eigenvalue weighted by atomic mass is 19.1. The molecule has 0 aliphatic rings. The molecule has 0 saturated carbocycles. The largest absolute Gasteiger partial charge is 0.465 e. The summed E-state index contributed by atoms with van der Waals surface area (Å²) in [4.78, 5) is 11.1. The summed E-state index contributed by atoms with van der Waals surface area (Å²) in [5, 5.41) is 2.90. The minimum atomic E-state index is -1.04. The van der Waals surface area contributed by atoms with E-state index in [9.17, 15) is 13.6 Å². The first-order valence-corrected chi connectivity index (χ1v) is 5.31. The molecule has 18 heavy (non-hydrogen) atoms. The van der Waals surface area contributed by atoms with E-state index in [2.05, 4.69) is 21.9 Å². The molecule has 1 aromatic rings. The van der Waals surface area contributed by atoms with Crippen LogP contribution in [-0.2, 0) is 4.74 Å². The van der Waals surface area contributed by atoms with E-state index >= 15 is 0 Å². The molecule has 5 heteroatoms. The van der Waals surface area contributed by atoms with Crippen LogP contribution in [0, 0.1) is 23.5 Å². The summed E-state index contributed by atoms with van der Waals surface area (Å²) < 4.78 is 31.3. The Balaban J connectivity index is 2.98. The van der Waals surface area contributed by atoms with Gasteiger partial charge in [-0.3, -0.25) is 0 Å². The quantitative estimate of drug-likeness (QED) is 0.506. The monoisotopic (exact) mass is 253 g/mol. The van der Waals surface area contributed by atoms with Crippen molar-refractivity contribution in [3.63, 3.8) is 0 Å². The Morgan fingerprint density at radius 3 is 2.50 bits per heavy atom. The van der Waals surface area contributed by atoms with Crippen molar-refractivity contribution in [2.45, 2.75) is 6.42 Å². The summed E-state index contributed by atoms with van der Waals surface area (Å²) in [7, 11) is 2.85. The van der Waals surface area contributed by atoms with Crippen molar-refractivity contribution in [2.24, 2.45) is 0 Å². The maximum Gasteiger partial charge on any atom is 0.343 e. The second-order valence-corrected chi connectivity index (χ2v) is 3.46. The average Bonchev–Trinajstić information content (AvgIpc) is 2.33. The van der Waals surface area contributed by atoms with Crippen LogP contribution < -0.4 is 5.32 Å². The highest BCUT2D eigenvalue weighted by Crippen LogP contribution is 2.15. The molecular formula is C13H13F2NO2. The Hall–Kier alpha value is -1.93. The number of ether oxygens (including phenoxy) is 1. The van der Waals surface area contributed by atoms with E-state index in [4.69, 9.17) is 0 Å². The van der Waals surface area contributed by atoms with E-state index in [0.717, 1.165) is 19.2 Å². The van der Waals surface area contributed by atoms with Crippen molar-refractivity contribution in [3.05, 3.63) is 34.9 Å². The molecule has 0 saturated heterocycles. The summed E-state index contributed by atoms with van der Waals surface area (Å²) in [5.74, 6) is 2.39. The fraction of sp³-hybridized carbons (Fsp3) is 0.308. The number of esters is 1. The molecule has 0 aromatic heterocycles. The zero-order chi connectivity index (χ0) is 13.5. The number of methoxy groups -OCH3 is 1. The maximum absolute atomic E-state index is 13.5. The molecule has 0 aliphatic carbocycles. The van der Waals surface area contributed by atoms with Gasteiger partial charge < -0.3 is 10.1 Å². The van der Waals surface area contributed by atoms with Crippen LogP contribution >= 0.6 is 0 Å². The van der Waals surface area contributed by atoms with Crippen LogP contribution in [0.3, 0.4) is 0 Å². The molecule has 0 unspecified atom stereocenters. The number of hydrogen-bond donors (Lipinski definition) is 1. The minimum Gasteiger partial charge on any atom is -0.465 e. The normalized spacial score (nSPS) is 9.56. The van der Waals surface area contributed by atoms with Gasteiger partial charge in [0.1, 0.15) is 17.2 Å². The van der Waals surface area contributed by atoms with Crippen LogP contribution in [-0.4, -0.2) is 26.7 Å². The SMILES string of the molecule is CNCCC#Cc1cc(F)c(C(=O)OC)c(F)c1. The number of carbonyl (C=O) groups excluding carboxylic acids is 1. The van der Waals surface area contributed by atoms with Gasteiger partial charge in [-0.05, 0) is 19.2 Å². The van der Waals surface area contributed by atoms with Crippen molar-refractivity contribution in [1.29, 1.82) is 0 Å². The molecule has 0 radical (unpaired) electrons. The van der Waals surface area contributed by atoms with Gasteiger partial charge in [-0.15, -0.1) is 0 Å². The predicted octanol–water partition coefficient (Wildman–Crippen LogP) is 1.71. The number of carbonyl (C=O) groups is 1. The molecule has 3 nitrogen and oxygen atoms in total. The lowest BCUT2D eigenvalue weighted by atomic mass is 10.1. The van der Waals surface area contributed by atoms with Gasteiger partial charge in [0.25, 0.3) is 0 Å². The van der Waals surface area contributed by atoms with Crippen molar-refractivity contribution in [1.82, 2.24) is 5.32 Å². The molecule has 1 rings (SSSR count). The minimum absolute atomic E-state index is 0.189. The fourth-order valence-corrected chi connectivity index (χ4v) is 1.29. The standard InChI is InChI=1S/C13H13F2NO2/c1-16-6-4-3-5-9-7-10(14)12(11(15)8-9)13(17)18-2/h7-8,16H,4,6H2,1-2H3. The van der Waals surface area contributed by atoms with Crippen LogP contribution in [0.2, 0.25) is 0 Å². The number of halogens is 2. The highest BCUT2D eigenvalue weighted by molar-refractivity contribution is 5.90. The van der Waals surface area contributed by atoms with Crippen LogP contribution in [0.1, 0.15) is 22.3 Å². The molecule has 0 bridgehead atoms. The Morgan fingerprint density at radius 1 is 1.39 bits per heavy atom. The first-order chi connectivity index (χ1) is 8.60. The molecule has 1 N–H and O–H groups in total. The number of benzene rings is 1. The molecule has 96 valence electrons. The van der Waals surface area contributed by atoms with Gasteiger partial charge in [0.05, 0.1) is 7.11 Å². The van der Waals surface area contributed by atoms with Gasteiger partial charge >= 0.3 is 5.97 Å². The molecule has 0 amide bonds. The van der Waals surface area contributed by atoms with E-state index in [1.807, 2.05) is 0 Å². The molecule has 0 spiro atoms. The van der Waals surface area contributed by atoms with E-state index in [0.29, 0.717) is 13.0 Å². The maximum atomic E-state index is 13.5. The lowest BCUT2D eigenvalue weighted by Gasteiger charge is -2.03. The van der Waals surface area contributed by atoms with Gasteiger partial charge in [0.15, 0.2) is 0 Å². The number of nitrogens with one attached hydrogen (secondary N) is 1. The summed E-state index contributed by atoms with van der Waals surface area (Å²) in [6.07, 6.45) is 0.568. The van der Waals surface area contributed by atoms with E-state index in [1.165, 1.54) is 0 Å². The molecular weight excluding hydrogens is 240 g/mol. The smallest absolute Gasteiger partial charge is 0.343 e. The van der Waals surface area contributed by atoms with E-state index in [1.54, 1.807) is 7.05 Å². The molecule has 0 atom stereocenters. The average molecular weight is 253 g/mol. The predicted molar refractivity (Wildman–Crippen MR) is 63.1 cm³/mol. The van der Waals surface area contributed by atoms with Crippen molar-refractivity contribution in [2.75, 3.05) is 20.7 Å². The topological polar surface area (TPSA) is 38.3 Å².